The number of aliphatic hydroxyl groups excluding tert-OH is 1. The van der Waals surface area contributed by atoms with E-state index in [1.54, 1.807) is 47.9 Å². The Morgan fingerprint density at radius 3 is 2.73 bits per heavy atom. The number of aromatic nitrogens is 3. The number of carbonyl (C=O) groups excluding carboxylic acids is 1. The number of ether oxygens (including phenoxy) is 1. The molecule has 1 N–H and O–H groups in total. The van der Waals surface area contributed by atoms with Crippen molar-refractivity contribution in [2.45, 2.75) is 56.9 Å². The van der Waals surface area contributed by atoms with Crippen molar-refractivity contribution in [1.29, 1.82) is 0 Å². The number of hydrogen-bond donors (Lipinski definition) is 1. The van der Waals surface area contributed by atoms with Crippen LogP contribution in [-0.4, -0.2) is 82.5 Å². The van der Waals surface area contributed by atoms with Gasteiger partial charge in [-0.3, -0.25) is 4.79 Å². The van der Waals surface area contributed by atoms with Gasteiger partial charge in [0.15, 0.2) is 0 Å². The van der Waals surface area contributed by atoms with E-state index in [2.05, 4.69) is 10.3 Å². The molecular weight excluding hydrogens is 494 g/mol. The first kappa shape index (κ1) is 27.2. The van der Waals surface area contributed by atoms with Crippen LogP contribution in [0.2, 0.25) is 0 Å². The Morgan fingerprint density at radius 2 is 1.97 bits per heavy atom. The maximum Gasteiger partial charge on any atom is 0.242 e. The summed E-state index contributed by atoms with van der Waals surface area (Å²) in [6.07, 6.45) is 2.02. The minimum absolute atomic E-state index is 0.0634. The van der Waals surface area contributed by atoms with E-state index in [4.69, 9.17) is 4.74 Å². The van der Waals surface area contributed by atoms with Gasteiger partial charge in [0, 0.05) is 39.0 Å². The molecule has 0 spiro atoms. The van der Waals surface area contributed by atoms with Crippen molar-refractivity contribution in [2.75, 3.05) is 26.7 Å². The Morgan fingerprint density at radius 1 is 1.22 bits per heavy atom. The number of benzene rings is 2. The summed E-state index contributed by atoms with van der Waals surface area (Å²) in [5.41, 5.74) is 0.769. The highest BCUT2D eigenvalue weighted by Gasteiger charge is 2.31. The lowest BCUT2D eigenvalue weighted by atomic mass is 10.0. The third-order valence-electron chi connectivity index (χ3n) is 7.01. The highest BCUT2D eigenvalue weighted by molar-refractivity contribution is 7.89. The molecule has 0 aliphatic carbocycles. The molecule has 0 fully saturated rings. The molecule has 11 heteroatoms. The largest absolute Gasteiger partial charge is 0.394 e. The van der Waals surface area contributed by atoms with Crippen molar-refractivity contribution in [3.05, 3.63) is 54.4 Å². The molecule has 4 rings (SSSR count). The maximum atomic E-state index is 13.5. The molecule has 0 unspecified atom stereocenters. The molecule has 10 nitrogen and oxygen atoms in total. The van der Waals surface area contributed by atoms with E-state index in [-0.39, 0.29) is 42.5 Å². The fraction of sp³-hybridized carbons (Fsp3) is 0.500. The molecule has 0 radical (unpaired) electrons. The predicted octanol–water partition coefficient (Wildman–Crippen LogP) is 2.28. The van der Waals surface area contributed by atoms with Crippen LogP contribution in [0.4, 0.5) is 0 Å². The second-order valence-electron chi connectivity index (χ2n) is 9.75. The number of hydrogen-bond acceptors (Lipinski definition) is 7. The highest BCUT2D eigenvalue weighted by atomic mass is 32.2. The lowest BCUT2D eigenvalue weighted by Gasteiger charge is -2.35. The molecule has 2 heterocycles. The Bertz CT molecular complexity index is 1330. The zero-order valence-corrected chi connectivity index (χ0v) is 22.3. The summed E-state index contributed by atoms with van der Waals surface area (Å²) in [5.74, 6) is -0.275. The van der Waals surface area contributed by atoms with Gasteiger partial charge in [-0.25, -0.2) is 13.1 Å². The number of fused-ring (bicyclic) bond motifs is 2. The van der Waals surface area contributed by atoms with Gasteiger partial charge in [-0.15, -0.1) is 5.10 Å². The van der Waals surface area contributed by atoms with Gasteiger partial charge in [0.1, 0.15) is 0 Å². The molecule has 0 bridgehead atoms. The molecule has 3 atom stereocenters. The Balaban J connectivity index is 1.60. The van der Waals surface area contributed by atoms with Crippen molar-refractivity contribution in [1.82, 2.24) is 24.2 Å². The van der Waals surface area contributed by atoms with Crippen LogP contribution in [0.15, 0.2) is 53.6 Å². The van der Waals surface area contributed by atoms with E-state index in [0.29, 0.717) is 25.9 Å². The maximum absolute atomic E-state index is 13.5. The summed E-state index contributed by atoms with van der Waals surface area (Å²) in [5, 5.41) is 19.7. The van der Waals surface area contributed by atoms with E-state index in [9.17, 15) is 18.3 Å². The number of sulfonamides is 1. The van der Waals surface area contributed by atoms with Crippen LogP contribution < -0.4 is 0 Å². The van der Waals surface area contributed by atoms with Gasteiger partial charge < -0.3 is 14.7 Å². The normalized spacial score (nSPS) is 20.9. The van der Waals surface area contributed by atoms with Crippen molar-refractivity contribution in [3.8, 4) is 0 Å². The summed E-state index contributed by atoms with van der Waals surface area (Å²) < 4.78 is 36.3. The fourth-order valence-electron chi connectivity index (χ4n) is 4.61. The van der Waals surface area contributed by atoms with E-state index >= 15 is 0 Å². The van der Waals surface area contributed by atoms with Crippen LogP contribution in [0.3, 0.4) is 0 Å². The predicted molar refractivity (Wildman–Crippen MR) is 139 cm³/mol. The van der Waals surface area contributed by atoms with Crippen LogP contribution in [0.25, 0.3) is 10.8 Å². The van der Waals surface area contributed by atoms with Crippen LogP contribution in [0, 0.1) is 5.92 Å². The van der Waals surface area contributed by atoms with Crippen LogP contribution >= 0.6 is 0 Å². The van der Waals surface area contributed by atoms with Gasteiger partial charge in [-0.05, 0) is 36.2 Å². The van der Waals surface area contributed by atoms with E-state index in [0.717, 1.165) is 16.5 Å². The smallest absolute Gasteiger partial charge is 0.242 e. The van der Waals surface area contributed by atoms with E-state index < -0.39 is 16.1 Å². The van der Waals surface area contributed by atoms with Gasteiger partial charge in [-0.2, -0.15) is 4.31 Å². The zero-order chi connectivity index (χ0) is 26.6. The third kappa shape index (κ3) is 6.18. The number of carbonyl (C=O) groups is 1. The first-order chi connectivity index (χ1) is 17.7. The molecule has 1 amide bonds. The Labute approximate surface area is 217 Å². The molecule has 2 aromatic carbocycles. The Hall–Kier alpha value is -2.86. The Kier molecular flexibility index (Phi) is 8.58. The second-order valence-corrected chi connectivity index (χ2v) is 11.8. The quantitative estimate of drug-likeness (QED) is 0.521. The summed E-state index contributed by atoms with van der Waals surface area (Å²) >= 11 is 0. The molecule has 1 aromatic heterocycles. The van der Waals surface area contributed by atoms with Crippen LogP contribution in [0.5, 0.6) is 0 Å². The van der Waals surface area contributed by atoms with Gasteiger partial charge in [-0.1, -0.05) is 42.5 Å². The first-order valence-corrected chi connectivity index (χ1v) is 14.0. The third-order valence-corrected chi connectivity index (χ3v) is 8.83. The number of amides is 1. The van der Waals surface area contributed by atoms with Crippen molar-refractivity contribution < 1.29 is 23.1 Å². The molecule has 3 aromatic rings. The van der Waals surface area contributed by atoms with E-state index in [1.165, 1.54) is 4.31 Å². The van der Waals surface area contributed by atoms with Gasteiger partial charge in [0.2, 0.25) is 15.9 Å². The number of nitrogens with zero attached hydrogens (tertiary/aromatic N) is 5. The number of aliphatic hydroxyl groups is 1. The lowest BCUT2D eigenvalue weighted by molar-refractivity contribution is -0.136. The molecule has 37 heavy (non-hydrogen) atoms. The molecule has 1 aliphatic heterocycles. The van der Waals surface area contributed by atoms with Gasteiger partial charge in [0.05, 0.1) is 42.1 Å². The van der Waals surface area contributed by atoms with E-state index in [1.807, 2.05) is 31.2 Å². The molecule has 200 valence electrons. The minimum Gasteiger partial charge on any atom is -0.394 e. The molecule has 0 saturated carbocycles. The van der Waals surface area contributed by atoms with Crippen LogP contribution in [-0.2, 0) is 32.7 Å². The first-order valence-electron chi connectivity index (χ1n) is 12.5. The summed E-state index contributed by atoms with van der Waals surface area (Å²) in [6, 6.07) is 12.4. The standard InChI is InChI=1S/C26H35N5O5S/c1-19-15-30(20(2)17-32)26(33)9-6-12-31-23(14-27-28-31)18-36-25(19)16-29(3)37(34,35)24-11-10-21-7-4-5-8-22(21)13-24/h4-5,7-8,10-11,13-14,19-20,25,32H,6,9,12,15-18H2,1-3H3/t19-,20-,25-/m1/s1. The van der Waals surface area contributed by atoms with Crippen molar-refractivity contribution in [2.24, 2.45) is 5.92 Å². The topological polar surface area (TPSA) is 118 Å². The molecule has 1 aliphatic rings. The number of aryl methyl sites for hydroxylation is 1. The second kappa shape index (κ2) is 11.7. The zero-order valence-electron chi connectivity index (χ0n) is 21.5. The summed E-state index contributed by atoms with van der Waals surface area (Å²) in [6.45, 7) is 4.75. The minimum atomic E-state index is -3.80. The van der Waals surface area contributed by atoms with Gasteiger partial charge >= 0.3 is 0 Å². The lowest BCUT2D eigenvalue weighted by Crippen LogP contribution is -2.47. The summed E-state index contributed by atoms with van der Waals surface area (Å²) in [4.78, 5) is 14.9. The number of likely N-dealkylation sites (N-methyl/N-ethyl adjacent to an activating group) is 1. The van der Waals surface area contributed by atoms with Crippen molar-refractivity contribution in [3.63, 3.8) is 0 Å². The highest BCUT2D eigenvalue weighted by Crippen LogP contribution is 2.24. The van der Waals surface area contributed by atoms with Gasteiger partial charge in [0.25, 0.3) is 0 Å². The monoisotopic (exact) mass is 529 g/mol. The number of rotatable bonds is 6. The summed E-state index contributed by atoms with van der Waals surface area (Å²) in [7, 11) is -2.25. The SMILES string of the molecule is C[C@@H]1CN([C@H](C)CO)C(=O)CCCn2nncc2CO[C@@H]1CN(C)S(=O)(=O)c1ccc2ccccc2c1. The van der Waals surface area contributed by atoms with Crippen LogP contribution in [0.1, 0.15) is 32.4 Å². The van der Waals surface area contributed by atoms with Crippen molar-refractivity contribution >= 4 is 26.7 Å². The average molecular weight is 530 g/mol. The fourth-order valence-corrected chi connectivity index (χ4v) is 5.82. The molecular formula is C26H35N5O5S. The molecule has 0 saturated heterocycles. The average Bonchev–Trinajstić information content (AvgIpc) is 3.34.